The molecule has 5 heteroatoms. The van der Waals surface area contributed by atoms with Crippen molar-refractivity contribution in [2.45, 2.75) is 0 Å². The number of thiocarbonyl (C=S) groups is 1. The molecule has 0 amide bonds. The van der Waals surface area contributed by atoms with Gasteiger partial charge in [0.05, 0.1) is 12.0 Å². The Hall–Kier alpha value is -2.66. The van der Waals surface area contributed by atoms with E-state index in [9.17, 15) is 0 Å². The Bertz CT molecular complexity index is 754. The molecular weight excluding hydrogens is 282 g/mol. The number of imidazole rings is 1. The zero-order chi connectivity index (χ0) is 14.7. The molecule has 0 fully saturated rings. The van der Waals surface area contributed by atoms with Crippen LogP contribution in [0.15, 0.2) is 67.3 Å². The molecule has 2 N–H and O–H groups in total. The number of hydrogen-bond donors (Lipinski definition) is 1. The second-order valence-corrected chi connectivity index (χ2v) is 4.87. The summed E-state index contributed by atoms with van der Waals surface area (Å²) in [5.41, 5.74) is 7.33. The van der Waals surface area contributed by atoms with Crippen LogP contribution in [-0.2, 0) is 0 Å². The second kappa shape index (κ2) is 5.76. The highest BCUT2D eigenvalue weighted by Crippen LogP contribution is 2.29. The summed E-state index contributed by atoms with van der Waals surface area (Å²) in [6.07, 6.45) is 5.26. The lowest BCUT2D eigenvalue weighted by Gasteiger charge is -2.13. The third-order valence-electron chi connectivity index (χ3n) is 3.00. The predicted molar refractivity (Wildman–Crippen MR) is 86.0 cm³/mol. The third kappa shape index (κ3) is 2.93. The minimum Gasteiger partial charge on any atom is -0.455 e. The van der Waals surface area contributed by atoms with Crippen LogP contribution in [0, 0.1) is 0 Å². The van der Waals surface area contributed by atoms with Crippen LogP contribution in [0.4, 0.5) is 0 Å². The second-order valence-electron chi connectivity index (χ2n) is 4.43. The van der Waals surface area contributed by atoms with Gasteiger partial charge in [0, 0.05) is 18.0 Å². The molecule has 2 aromatic carbocycles. The van der Waals surface area contributed by atoms with Crippen molar-refractivity contribution in [2.75, 3.05) is 0 Å². The molecular formula is C16H13N3OS. The number of ether oxygens (including phenoxy) is 1. The van der Waals surface area contributed by atoms with Crippen LogP contribution in [0.3, 0.4) is 0 Å². The van der Waals surface area contributed by atoms with Crippen molar-refractivity contribution in [2.24, 2.45) is 5.73 Å². The van der Waals surface area contributed by atoms with Gasteiger partial charge in [0.15, 0.2) is 5.75 Å². The van der Waals surface area contributed by atoms with Gasteiger partial charge in [0.25, 0.3) is 0 Å². The van der Waals surface area contributed by atoms with Gasteiger partial charge in [-0.1, -0.05) is 30.4 Å². The predicted octanol–water partition coefficient (Wildman–Crippen LogP) is 3.30. The van der Waals surface area contributed by atoms with Gasteiger partial charge >= 0.3 is 0 Å². The maximum Gasteiger partial charge on any atom is 0.151 e. The van der Waals surface area contributed by atoms with Crippen molar-refractivity contribution in [1.29, 1.82) is 0 Å². The SMILES string of the molecule is NC(=S)c1ccc(Oc2ccccc2)c(-n2ccnc2)c1. The summed E-state index contributed by atoms with van der Waals surface area (Å²) in [6.45, 7) is 0. The van der Waals surface area contributed by atoms with Crippen LogP contribution in [0.25, 0.3) is 5.69 Å². The molecule has 1 aromatic heterocycles. The Morgan fingerprint density at radius 3 is 2.62 bits per heavy atom. The quantitative estimate of drug-likeness (QED) is 0.750. The first-order valence-corrected chi connectivity index (χ1v) is 6.80. The van der Waals surface area contributed by atoms with E-state index in [2.05, 4.69) is 4.98 Å². The molecule has 0 saturated heterocycles. The number of nitrogens with zero attached hydrogens (tertiary/aromatic N) is 2. The molecule has 4 nitrogen and oxygen atoms in total. The Balaban J connectivity index is 2.05. The first-order valence-electron chi connectivity index (χ1n) is 6.39. The molecule has 21 heavy (non-hydrogen) atoms. The molecule has 0 saturated carbocycles. The molecule has 0 aliphatic rings. The highest BCUT2D eigenvalue weighted by Gasteiger charge is 2.09. The Morgan fingerprint density at radius 2 is 1.95 bits per heavy atom. The summed E-state index contributed by atoms with van der Waals surface area (Å²) in [6, 6.07) is 15.2. The molecule has 0 spiro atoms. The van der Waals surface area contributed by atoms with Crippen LogP contribution >= 0.6 is 12.2 Å². The third-order valence-corrected chi connectivity index (χ3v) is 3.23. The average molecular weight is 295 g/mol. The van der Waals surface area contributed by atoms with Gasteiger partial charge in [-0.15, -0.1) is 0 Å². The molecule has 0 radical (unpaired) electrons. The van der Waals surface area contributed by atoms with Crippen molar-refractivity contribution in [3.05, 3.63) is 72.8 Å². The zero-order valence-electron chi connectivity index (χ0n) is 11.1. The summed E-state index contributed by atoms with van der Waals surface area (Å²) in [4.78, 5) is 4.41. The van der Waals surface area contributed by atoms with Gasteiger partial charge in [0.2, 0.25) is 0 Å². The topological polar surface area (TPSA) is 53.1 Å². The molecule has 0 aliphatic carbocycles. The summed E-state index contributed by atoms with van der Waals surface area (Å²) in [5.74, 6) is 1.47. The van der Waals surface area contributed by atoms with E-state index in [1.807, 2.05) is 59.3 Å². The lowest BCUT2D eigenvalue weighted by atomic mass is 10.2. The molecule has 0 aliphatic heterocycles. The van der Waals surface area contributed by atoms with Crippen LogP contribution in [0.1, 0.15) is 5.56 Å². The minimum absolute atomic E-state index is 0.350. The molecule has 104 valence electrons. The average Bonchev–Trinajstić information content (AvgIpc) is 3.02. The highest BCUT2D eigenvalue weighted by molar-refractivity contribution is 7.80. The Morgan fingerprint density at radius 1 is 1.14 bits per heavy atom. The van der Waals surface area contributed by atoms with Gasteiger partial charge in [-0.3, -0.25) is 0 Å². The van der Waals surface area contributed by atoms with Crippen LogP contribution in [-0.4, -0.2) is 14.5 Å². The van der Waals surface area contributed by atoms with E-state index in [1.54, 1.807) is 12.5 Å². The fourth-order valence-corrected chi connectivity index (χ4v) is 2.10. The van der Waals surface area contributed by atoms with Crippen LogP contribution in [0.2, 0.25) is 0 Å². The lowest BCUT2D eigenvalue weighted by Crippen LogP contribution is -2.10. The fraction of sp³-hybridized carbons (Fsp3) is 0. The number of aromatic nitrogens is 2. The highest BCUT2D eigenvalue weighted by atomic mass is 32.1. The monoisotopic (exact) mass is 295 g/mol. The fourth-order valence-electron chi connectivity index (χ4n) is 1.98. The van der Waals surface area contributed by atoms with Crippen molar-refractivity contribution in [3.63, 3.8) is 0 Å². The first kappa shape index (κ1) is 13.3. The van der Waals surface area contributed by atoms with E-state index in [1.165, 1.54) is 0 Å². The number of hydrogen-bond acceptors (Lipinski definition) is 3. The zero-order valence-corrected chi connectivity index (χ0v) is 12.0. The van der Waals surface area contributed by atoms with E-state index in [0.717, 1.165) is 17.0 Å². The van der Waals surface area contributed by atoms with E-state index in [0.29, 0.717) is 10.7 Å². The summed E-state index contributed by atoms with van der Waals surface area (Å²) >= 11 is 5.04. The van der Waals surface area contributed by atoms with E-state index < -0.39 is 0 Å². The molecule has 0 bridgehead atoms. The summed E-state index contributed by atoms with van der Waals surface area (Å²) in [5, 5.41) is 0. The summed E-state index contributed by atoms with van der Waals surface area (Å²) in [7, 11) is 0. The largest absolute Gasteiger partial charge is 0.455 e. The van der Waals surface area contributed by atoms with E-state index in [-0.39, 0.29) is 0 Å². The molecule has 3 rings (SSSR count). The van der Waals surface area contributed by atoms with E-state index >= 15 is 0 Å². The molecule has 1 heterocycles. The van der Waals surface area contributed by atoms with Crippen LogP contribution < -0.4 is 10.5 Å². The number of rotatable bonds is 4. The minimum atomic E-state index is 0.350. The van der Waals surface area contributed by atoms with Crippen molar-refractivity contribution in [1.82, 2.24) is 9.55 Å². The normalized spacial score (nSPS) is 10.3. The summed E-state index contributed by atoms with van der Waals surface area (Å²) < 4.78 is 7.80. The maximum atomic E-state index is 5.94. The van der Waals surface area contributed by atoms with Crippen molar-refractivity contribution >= 4 is 17.2 Å². The van der Waals surface area contributed by atoms with Gasteiger partial charge in [-0.2, -0.15) is 0 Å². The number of nitrogens with two attached hydrogens (primary N) is 1. The van der Waals surface area contributed by atoms with Crippen LogP contribution in [0.5, 0.6) is 11.5 Å². The van der Waals surface area contributed by atoms with Gasteiger partial charge in [-0.05, 0) is 30.3 Å². The Kier molecular flexibility index (Phi) is 3.66. The standard InChI is InChI=1S/C16H13N3OS/c17-16(21)12-6-7-15(20-13-4-2-1-3-5-13)14(10-12)19-9-8-18-11-19/h1-11H,(H2,17,21). The number of para-hydroxylation sites is 1. The number of benzene rings is 2. The van der Waals surface area contributed by atoms with Crippen molar-refractivity contribution < 1.29 is 4.74 Å². The smallest absolute Gasteiger partial charge is 0.151 e. The Labute approximate surface area is 127 Å². The maximum absolute atomic E-state index is 5.94. The molecule has 0 unspecified atom stereocenters. The van der Waals surface area contributed by atoms with Gasteiger partial charge in [-0.25, -0.2) is 4.98 Å². The van der Waals surface area contributed by atoms with E-state index in [4.69, 9.17) is 22.7 Å². The first-order chi connectivity index (χ1) is 10.2. The molecule has 0 atom stereocenters. The molecule has 3 aromatic rings. The van der Waals surface area contributed by atoms with Crippen molar-refractivity contribution in [3.8, 4) is 17.2 Å². The lowest BCUT2D eigenvalue weighted by molar-refractivity contribution is 0.480. The van der Waals surface area contributed by atoms with Gasteiger partial charge < -0.3 is 15.0 Å². The van der Waals surface area contributed by atoms with Gasteiger partial charge in [0.1, 0.15) is 10.7 Å².